The summed E-state index contributed by atoms with van der Waals surface area (Å²) in [5.74, 6) is -2.71. The van der Waals surface area contributed by atoms with E-state index in [0.29, 0.717) is 32.1 Å². The highest BCUT2D eigenvalue weighted by molar-refractivity contribution is 6.33. The monoisotopic (exact) mass is 541 g/mol. The average molecular weight is 542 g/mol. The molecule has 0 aromatic heterocycles. The second-order valence-electron chi connectivity index (χ2n) is 9.94. The number of carbonyl (C=O) groups excluding carboxylic acids is 2. The van der Waals surface area contributed by atoms with Gasteiger partial charge < -0.3 is 15.1 Å². The normalized spacial score (nSPS) is 19.8. The smallest absolute Gasteiger partial charge is 0.258 e. The molecule has 1 N–H and O–H groups in total. The topological polar surface area (TPSA) is 52.7 Å². The molecule has 3 aromatic rings. The highest BCUT2D eigenvalue weighted by atomic mass is 35.5. The first-order chi connectivity index (χ1) is 18.3. The number of benzene rings is 3. The van der Waals surface area contributed by atoms with Gasteiger partial charge in [0, 0.05) is 38.8 Å². The van der Waals surface area contributed by atoms with Crippen LogP contribution in [0.4, 0.5) is 13.2 Å². The van der Waals surface area contributed by atoms with Crippen molar-refractivity contribution in [1.82, 2.24) is 15.1 Å². The number of carbonyl (C=O) groups is 2. The fourth-order valence-corrected chi connectivity index (χ4v) is 5.77. The van der Waals surface area contributed by atoms with Crippen LogP contribution in [0.15, 0.2) is 66.7 Å². The summed E-state index contributed by atoms with van der Waals surface area (Å²) in [6, 6.07) is 16.2. The molecule has 198 valence electrons. The maximum atomic E-state index is 14.3. The SMILES string of the molecule is O=C(NC(CCN1CC2CN(C(=O)c3c(F)cccc3Cl)C[C@@H]2C1)c1ccccc1)c1ccc(F)cc1F. The first-order valence-electron chi connectivity index (χ1n) is 12.6. The molecule has 2 aliphatic rings. The predicted molar refractivity (Wildman–Crippen MR) is 138 cm³/mol. The zero-order valence-corrected chi connectivity index (χ0v) is 21.3. The zero-order chi connectivity index (χ0) is 26.8. The van der Waals surface area contributed by atoms with Crippen LogP contribution >= 0.6 is 11.6 Å². The third kappa shape index (κ3) is 5.56. The number of fused-ring (bicyclic) bond motifs is 1. The van der Waals surface area contributed by atoms with E-state index in [9.17, 15) is 22.8 Å². The molecule has 38 heavy (non-hydrogen) atoms. The molecule has 0 spiro atoms. The number of nitrogens with one attached hydrogen (secondary N) is 1. The lowest BCUT2D eigenvalue weighted by molar-refractivity contribution is 0.0769. The molecule has 0 saturated carbocycles. The van der Waals surface area contributed by atoms with Crippen molar-refractivity contribution in [2.24, 2.45) is 11.8 Å². The second-order valence-corrected chi connectivity index (χ2v) is 10.3. The summed E-state index contributed by atoms with van der Waals surface area (Å²) in [5, 5.41) is 3.02. The summed E-state index contributed by atoms with van der Waals surface area (Å²) in [5.41, 5.74) is 0.606. The Kier molecular flexibility index (Phi) is 7.72. The average Bonchev–Trinajstić information content (AvgIpc) is 3.46. The van der Waals surface area contributed by atoms with Gasteiger partial charge >= 0.3 is 0 Å². The van der Waals surface area contributed by atoms with Crippen molar-refractivity contribution in [3.8, 4) is 0 Å². The molecule has 2 saturated heterocycles. The van der Waals surface area contributed by atoms with Crippen molar-refractivity contribution < 1.29 is 22.8 Å². The van der Waals surface area contributed by atoms with Gasteiger partial charge in [-0.25, -0.2) is 13.2 Å². The molecule has 5 nitrogen and oxygen atoms in total. The van der Waals surface area contributed by atoms with Crippen molar-refractivity contribution >= 4 is 23.4 Å². The number of amides is 2. The minimum Gasteiger partial charge on any atom is -0.345 e. The minimum absolute atomic E-state index is 0.0787. The second kappa shape index (κ2) is 11.2. The summed E-state index contributed by atoms with van der Waals surface area (Å²) in [4.78, 5) is 29.7. The van der Waals surface area contributed by atoms with Crippen LogP contribution in [0.25, 0.3) is 0 Å². The van der Waals surface area contributed by atoms with Gasteiger partial charge in [-0.15, -0.1) is 0 Å². The molecule has 2 amide bonds. The predicted octanol–water partition coefficient (Wildman–Crippen LogP) is 5.32. The van der Waals surface area contributed by atoms with Gasteiger partial charge in [0.15, 0.2) is 0 Å². The summed E-state index contributed by atoms with van der Waals surface area (Å²) in [7, 11) is 0. The van der Waals surface area contributed by atoms with E-state index in [1.54, 1.807) is 4.90 Å². The van der Waals surface area contributed by atoms with Crippen LogP contribution < -0.4 is 5.32 Å². The van der Waals surface area contributed by atoms with E-state index in [1.807, 2.05) is 30.3 Å². The Labute approximate surface area is 224 Å². The Hall–Kier alpha value is -3.36. The van der Waals surface area contributed by atoms with Crippen LogP contribution in [0.2, 0.25) is 5.02 Å². The highest BCUT2D eigenvalue weighted by Gasteiger charge is 2.42. The lowest BCUT2D eigenvalue weighted by Crippen LogP contribution is -2.35. The number of likely N-dealkylation sites (tertiary alicyclic amines) is 2. The Morgan fingerprint density at radius 2 is 1.61 bits per heavy atom. The van der Waals surface area contributed by atoms with Crippen LogP contribution in [0.1, 0.15) is 38.7 Å². The van der Waals surface area contributed by atoms with Gasteiger partial charge in [-0.2, -0.15) is 0 Å². The maximum absolute atomic E-state index is 14.3. The molecule has 9 heteroatoms. The van der Waals surface area contributed by atoms with E-state index in [0.717, 1.165) is 30.8 Å². The number of hydrogen-bond donors (Lipinski definition) is 1. The van der Waals surface area contributed by atoms with Gasteiger partial charge in [-0.1, -0.05) is 48.0 Å². The van der Waals surface area contributed by atoms with E-state index in [4.69, 9.17) is 11.6 Å². The maximum Gasteiger partial charge on any atom is 0.258 e. The van der Waals surface area contributed by atoms with Crippen molar-refractivity contribution in [2.45, 2.75) is 12.5 Å². The van der Waals surface area contributed by atoms with E-state index in [2.05, 4.69) is 10.2 Å². The lowest BCUT2D eigenvalue weighted by atomic mass is 10.0. The molecule has 0 aliphatic carbocycles. The quantitative estimate of drug-likeness (QED) is 0.440. The van der Waals surface area contributed by atoms with Crippen molar-refractivity contribution in [3.05, 3.63) is 106 Å². The van der Waals surface area contributed by atoms with Gasteiger partial charge in [-0.05, 0) is 48.1 Å². The van der Waals surface area contributed by atoms with Gasteiger partial charge in [0.2, 0.25) is 0 Å². The molecule has 2 aliphatic heterocycles. The first-order valence-corrected chi connectivity index (χ1v) is 12.9. The Morgan fingerprint density at radius 3 is 2.26 bits per heavy atom. The van der Waals surface area contributed by atoms with Gasteiger partial charge in [0.25, 0.3) is 11.8 Å². The van der Waals surface area contributed by atoms with Crippen LogP contribution in [0, 0.1) is 29.3 Å². The van der Waals surface area contributed by atoms with Crippen molar-refractivity contribution in [1.29, 1.82) is 0 Å². The molecule has 2 unspecified atom stereocenters. The molecule has 3 atom stereocenters. The molecular formula is C29H27ClF3N3O2. The third-order valence-corrected chi connectivity index (χ3v) is 7.76. The highest BCUT2D eigenvalue weighted by Crippen LogP contribution is 2.34. The van der Waals surface area contributed by atoms with E-state index in [-0.39, 0.29) is 39.9 Å². The lowest BCUT2D eigenvalue weighted by Gasteiger charge is -2.25. The van der Waals surface area contributed by atoms with E-state index in [1.165, 1.54) is 18.2 Å². The van der Waals surface area contributed by atoms with E-state index < -0.39 is 23.4 Å². The number of nitrogens with zero attached hydrogens (tertiary/aromatic N) is 2. The van der Waals surface area contributed by atoms with Crippen LogP contribution in [0.3, 0.4) is 0 Å². The zero-order valence-electron chi connectivity index (χ0n) is 20.5. The number of hydrogen-bond acceptors (Lipinski definition) is 3. The molecular weight excluding hydrogens is 515 g/mol. The first kappa shape index (κ1) is 26.3. The van der Waals surface area contributed by atoms with E-state index >= 15 is 0 Å². The van der Waals surface area contributed by atoms with Crippen molar-refractivity contribution in [3.63, 3.8) is 0 Å². The Balaban J connectivity index is 1.20. The Bertz CT molecular complexity index is 1310. The molecule has 3 aromatic carbocycles. The fraction of sp³-hybridized carbons (Fsp3) is 0.310. The van der Waals surface area contributed by atoms with Gasteiger partial charge in [-0.3, -0.25) is 9.59 Å². The summed E-state index contributed by atoms with van der Waals surface area (Å²) < 4.78 is 41.7. The van der Waals surface area contributed by atoms with Crippen molar-refractivity contribution in [2.75, 3.05) is 32.7 Å². The fourth-order valence-electron chi connectivity index (χ4n) is 5.53. The molecule has 2 fully saturated rings. The molecule has 2 heterocycles. The summed E-state index contributed by atoms with van der Waals surface area (Å²) in [6.07, 6.45) is 0.589. The number of halogens is 4. The summed E-state index contributed by atoms with van der Waals surface area (Å²) >= 11 is 6.10. The Morgan fingerprint density at radius 1 is 0.895 bits per heavy atom. The largest absolute Gasteiger partial charge is 0.345 e. The molecule has 5 rings (SSSR count). The van der Waals surface area contributed by atoms with Gasteiger partial charge in [0.05, 0.1) is 22.2 Å². The molecule has 0 radical (unpaired) electrons. The molecule has 0 bridgehead atoms. The van der Waals surface area contributed by atoms with Crippen LogP contribution in [0.5, 0.6) is 0 Å². The summed E-state index contributed by atoms with van der Waals surface area (Å²) in [6.45, 7) is 3.32. The van der Waals surface area contributed by atoms with Crippen LogP contribution in [-0.4, -0.2) is 54.3 Å². The third-order valence-electron chi connectivity index (χ3n) is 7.44. The minimum atomic E-state index is -0.905. The van der Waals surface area contributed by atoms with Gasteiger partial charge in [0.1, 0.15) is 17.5 Å². The van der Waals surface area contributed by atoms with Crippen LogP contribution in [-0.2, 0) is 0 Å². The standard InChI is InChI=1S/C29H27ClF3N3O2/c30-23-7-4-8-24(32)27(23)29(38)36-16-19-14-35(15-20(19)17-36)12-11-26(18-5-2-1-3-6-18)34-28(37)22-10-9-21(31)13-25(22)33/h1-10,13,19-20,26H,11-12,14-17H2,(H,34,37)/t19-,20?,26?/m0/s1. The number of rotatable bonds is 7.